The maximum absolute atomic E-state index is 12.7. The van der Waals surface area contributed by atoms with E-state index in [9.17, 15) is 9.18 Å². The molecule has 1 aromatic carbocycles. The van der Waals surface area contributed by atoms with E-state index < -0.39 is 0 Å². The van der Waals surface area contributed by atoms with Crippen molar-refractivity contribution in [3.8, 4) is 17.7 Å². The van der Waals surface area contributed by atoms with Gasteiger partial charge in [-0.3, -0.25) is 4.79 Å². The molecule has 0 saturated carbocycles. The van der Waals surface area contributed by atoms with Crippen LogP contribution in [-0.4, -0.2) is 24.5 Å². The molecule has 1 amide bonds. The summed E-state index contributed by atoms with van der Waals surface area (Å²) < 4.78 is 17.7. The summed E-state index contributed by atoms with van der Waals surface area (Å²) >= 11 is 0. The molecule has 1 heterocycles. The first-order chi connectivity index (χ1) is 10.2. The highest BCUT2D eigenvalue weighted by Gasteiger charge is 2.11. The smallest absolute Gasteiger partial charge is 0.257 e. The predicted octanol–water partition coefficient (Wildman–Crippen LogP) is 2.01. The quantitative estimate of drug-likeness (QED) is 0.877. The van der Waals surface area contributed by atoms with Crippen molar-refractivity contribution < 1.29 is 13.9 Å². The van der Waals surface area contributed by atoms with E-state index in [4.69, 9.17) is 4.74 Å². The Bertz CT molecular complexity index is 687. The number of methoxy groups -OCH3 is 1. The summed E-state index contributed by atoms with van der Waals surface area (Å²) in [5.74, 6) is 5.27. The summed E-state index contributed by atoms with van der Waals surface area (Å²) in [6, 6.07) is 9.10. The first-order valence-corrected chi connectivity index (χ1v) is 6.22. The Balaban J connectivity index is 1.94. The van der Waals surface area contributed by atoms with Crippen LogP contribution in [0.25, 0.3) is 0 Å². The average molecular weight is 284 g/mol. The highest BCUT2D eigenvalue weighted by Crippen LogP contribution is 2.12. The zero-order valence-electron chi connectivity index (χ0n) is 11.4. The van der Waals surface area contributed by atoms with Gasteiger partial charge in [-0.15, -0.1) is 0 Å². The molecule has 2 aromatic rings. The van der Waals surface area contributed by atoms with Crippen molar-refractivity contribution >= 4 is 5.91 Å². The third kappa shape index (κ3) is 4.05. The fourth-order valence-electron chi connectivity index (χ4n) is 1.63. The largest absolute Gasteiger partial charge is 0.480 e. The van der Waals surface area contributed by atoms with Crippen molar-refractivity contribution in [2.45, 2.75) is 0 Å². The van der Waals surface area contributed by atoms with E-state index in [1.165, 1.54) is 19.2 Å². The molecule has 0 fully saturated rings. The fourth-order valence-corrected chi connectivity index (χ4v) is 1.63. The second kappa shape index (κ2) is 7.06. The molecule has 2 rings (SSSR count). The number of nitrogens with one attached hydrogen (secondary N) is 1. The van der Waals surface area contributed by atoms with Gasteiger partial charge in [-0.25, -0.2) is 9.37 Å². The Morgan fingerprint density at radius 1 is 1.33 bits per heavy atom. The summed E-state index contributed by atoms with van der Waals surface area (Å²) in [6.07, 6.45) is 1.55. The van der Waals surface area contributed by atoms with Gasteiger partial charge in [-0.2, -0.15) is 0 Å². The summed E-state index contributed by atoms with van der Waals surface area (Å²) in [7, 11) is 1.45. The van der Waals surface area contributed by atoms with Crippen LogP contribution in [0, 0.1) is 17.7 Å². The SMILES string of the molecule is COc1ncccc1C(=O)NCC#Cc1ccc(F)cc1. The molecular formula is C16H13FN2O2. The molecule has 0 atom stereocenters. The summed E-state index contributed by atoms with van der Waals surface area (Å²) in [5, 5.41) is 2.65. The van der Waals surface area contributed by atoms with Crippen LogP contribution in [0.1, 0.15) is 15.9 Å². The predicted molar refractivity (Wildman–Crippen MR) is 76.4 cm³/mol. The van der Waals surface area contributed by atoms with Crippen LogP contribution in [-0.2, 0) is 0 Å². The molecule has 1 aromatic heterocycles. The van der Waals surface area contributed by atoms with Crippen LogP contribution in [0.3, 0.4) is 0 Å². The lowest BCUT2D eigenvalue weighted by molar-refractivity contribution is 0.0955. The minimum Gasteiger partial charge on any atom is -0.480 e. The molecule has 0 bridgehead atoms. The minimum absolute atomic E-state index is 0.175. The highest BCUT2D eigenvalue weighted by atomic mass is 19.1. The Labute approximate surface area is 122 Å². The zero-order valence-corrected chi connectivity index (χ0v) is 11.4. The van der Waals surface area contributed by atoms with E-state index in [2.05, 4.69) is 22.1 Å². The number of halogens is 1. The number of benzene rings is 1. The fraction of sp³-hybridized carbons (Fsp3) is 0.125. The number of aromatic nitrogens is 1. The van der Waals surface area contributed by atoms with Crippen LogP contribution in [0.5, 0.6) is 5.88 Å². The molecule has 0 aliphatic heterocycles. The average Bonchev–Trinajstić information content (AvgIpc) is 2.53. The van der Waals surface area contributed by atoms with Crippen molar-refractivity contribution in [1.82, 2.24) is 10.3 Å². The van der Waals surface area contributed by atoms with E-state index in [0.29, 0.717) is 11.1 Å². The monoisotopic (exact) mass is 284 g/mol. The number of pyridine rings is 1. The lowest BCUT2D eigenvalue weighted by atomic mass is 10.2. The zero-order chi connectivity index (χ0) is 15.1. The normalized spacial score (nSPS) is 9.43. The first kappa shape index (κ1) is 14.5. The maximum Gasteiger partial charge on any atom is 0.257 e. The molecule has 1 N–H and O–H groups in total. The number of hydrogen-bond acceptors (Lipinski definition) is 3. The lowest BCUT2D eigenvalue weighted by Gasteiger charge is -2.05. The number of hydrogen-bond donors (Lipinski definition) is 1. The molecule has 0 spiro atoms. The molecule has 106 valence electrons. The highest BCUT2D eigenvalue weighted by molar-refractivity contribution is 5.96. The molecule has 0 radical (unpaired) electrons. The number of amides is 1. The third-order valence-corrected chi connectivity index (χ3v) is 2.62. The van der Waals surface area contributed by atoms with Gasteiger partial charge >= 0.3 is 0 Å². The van der Waals surface area contributed by atoms with E-state index in [0.717, 1.165) is 0 Å². The van der Waals surface area contributed by atoms with Gasteiger partial charge in [-0.1, -0.05) is 11.8 Å². The van der Waals surface area contributed by atoms with Gasteiger partial charge in [0, 0.05) is 11.8 Å². The van der Waals surface area contributed by atoms with Gasteiger partial charge in [-0.05, 0) is 36.4 Å². The van der Waals surface area contributed by atoms with Crippen molar-refractivity contribution in [1.29, 1.82) is 0 Å². The maximum atomic E-state index is 12.7. The molecule has 0 aliphatic carbocycles. The van der Waals surface area contributed by atoms with Gasteiger partial charge in [0.05, 0.1) is 13.7 Å². The van der Waals surface area contributed by atoms with E-state index >= 15 is 0 Å². The molecule has 4 nitrogen and oxygen atoms in total. The van der Waals surface area contributed by atoms with E-state index in [1.807, 2.05) is 0 Å². The Morgan fingerprint density at radius 2 is 2.10 bits per heavy atom. The number of carbonyl (C=O) groups is 1. The van der Waals surface area contributed by atoms with Crippen LogP contribution in [0.4, 0.5) is 4.39 Å². The second-order valence-electron chi connectivity index (χ2n) is 4.05. The van der Waals surface area contributed by atoms with Crippen molar-refractivity contribution in [2.24, 2.45) is 0 Å². The van der Waals surface area contributed by atoms with Crippen LogP contribution >= 0.6 is 0 Å². The topological polar surface area (TPSA) is 51.2 Å². The van der Waals surface area contributed by atoms with Crippen LogP contribution in [0.15, 0.2) is 42.6 Å². The summed E-state index contributed by atoms with van der Waals surface area (Å²) in [6.45, 7) is 0.175. The lowest BCUT2D eigenvalue weighted by Crippen LogP contribution is -2.24. The van der Waals surface area contributed by atoms with E-state index in [-0.39, 0.29) is 24.1 Å². The van der Waals surface area contributed by atoms with Crippen molar-refractivity contribution in [2.75, 3.05) is 13.7 Å². The number of ether oxygens (including phenoxy) is 1. The standard InChI is InChI=1S/C16H13FN2O2/c1-21-16-14(5-3-11-19-16)15(20)18-10-2-4-12-6-8-13(17)9-7-12/h3,5-9,11H,10H2,1H3,(H,18,20). The number of nitrogens with zero attached hydrogens (tertiary/aromatic N) is 1. The second-order valence-corrected chi connectivity index (χ2v) is 4.05. The van der Waals surface area contributed by atoms with Gasteiger partial charge < -0.3 is 10.1 Å². The van der Waals surface area contributed by atoms with Crippen molar-refractivity contribution in [3.05, 3.63) is 59.5 Å². The minimum atomic E-state index is -0.312. The number of carbonyl (C=O) groups excluding carboxylic acids is 1. The van der Waals surface area contributed by atoms with Gasteiger partial charge in [0.25, 0.3) is 5.91 Å². The Kier molecular flexibility index (Phi) is 4.89. The molecule has 21 heavy (non-hydrogen) atoms. The molecular weight excluding hydrogens is 271 g/mol. The Hall–Kier alpha value is -2.87. The molecule has 0 unspecified atom stereocenters. The van der Waals surface area contributed by atoms with E-state index in [1.54, 1.807) is 30.5 Å². The van der Waals surface area contributed by atoms with Gasteiger partial charge in [0.1, 0.15) is 11.4 Å². The third-order valence-electron chi connectivity index (χ3n) is 2.62. The molecule has 0 saturated heterocycles. The first-order valence-electron chi connectivity index (χ1n) is 6.22. The summed E-state index contributed by atoms with van der Waals surface area (Å²) in [4.78, 5) is 15.9. The summed E-state index contributed by atoms with van der Waals surface area (Å²) in [5.41, 5.74) is 1.04. The Morgan fingerprint density at radius 3 is 2.81 bits per heavy atom. The molecule has 5 heteroatoms. The van der Waals surface area contributed by atoms with Gasteiger partial charge in [0.2, 0.25) is 5.88 Å². The van der Waals surface area contributed by atoms with Crippen LogP contribution in [0.2, 0.25) is 0 Å². The number of rotatable bonds is 3. The van der Waals surface area contributed by atoms with Gasteiger partial charge in [0.15, 0.2) is 0 Å². The van der Waals surface area contributed by atoms with Crippen LogP contribution < -0.4 is 10.1 Å². The van der Waals surface area contributed by atoms with Crippen molar-refractivity contribution in [3.63, 3.8) is 0 Å². The molecule has 0 aliphatic rings.